The van der Waals surface area contributed by atoms with Crippen molar-refractivity contribution in [1.29, 1.82) is 0 Å². The van der Waals surface area contributed by atoms with Crippen LogP contribution in [0.25, 0.3) is 0 Å². The number of ether oxygens (including phenoxy) is 1. The van der Waals surface area contributed by atoms with Crippen LogP contribution in [0.1, 0.15) is 51.4 Å². The Balaban J connectivity index is 1.42. The lowest BCUT2D eigenvalue weighted by molar-refractivity contribution is -0.0887. The van der Waals surface area contributed by atoms with E-state index in [1.807, 2.05) is 0 Å². The highest BCUT2D eigenvalue weighted by Crippen LogP contribution is 2.22. The minimum absolute atomic E-state index is 0.155. The molecule has 1 aromatic rings. The Hall–Kier alpha value is -1.39. The van der Waals surface area contributed by atoms with Crippen molar-refractivity contribution in [1.82, 2.24) is 15.4 Å². The van der Waals surface area contributed by atoms with Crippen molar-refractivity contribution < 1.29 is 23.1 Å². The molecule has 1 aliphatic heterocycles. The Kier molecular flexibility index (Phi) is 8.97. The summed E-state index contributed by atoms with van der Waals surface area (Å²) in [7, 11) is -3.62. The summed E-state index contributed by atoms with van der Waals surface area (Å²) in [5, 5.41) is 16.1. The van der Waals surface area contributed by atoms with Crippen LogP contribution in [0, 0.1) is 0 Å². The third-order valence-corrected chi connectivity index (χ3v) is 7.66. The molecule has 0 bridgehead atoms. The van der Waals surface area contributed by atoms with Gasteiger partial charge in [0.05, 0.1) is 23.6 Å². The van der Waals surface area contributed by atoms with Gasteiger partial charge < -0.3 is 20.5 Å². The van der Waals surface area contributed by atoms with Gasteiger partial charge in [0.1, 0.15) is 6.10 Å². The fourth-order valence-corrected chi connectivity index (χ4v) is 5.38. The number of sulfonamides is 1. The van der Waals surface area contributed by atoms with E-state index >= 15 is 0 Å². The van der Waals surface area contributed by atoms with Gasteiger partial charge in [-0.25, -0.2) is 17.9 Å². The number of urea groups is 1. The highest BCUT2D eigenvalue weighted by atomic mass is 35.5. The zero-order valence-corrected chi connectivity index (χ0v) is 19.1. The number of rotatable bonds is 8. The van der Waals surface area contributed by atoms with Crippen LogP contribution >= 0.6 is 11.6 Å². The van der Waals surface area contributed by atoms with E-state index in [1.165, 1.54) is 30.7 Å². The second-order valence-electron chi connectivity index (χ2n) is 8.26. The van der Waals surface area contributed by atoms with Gasteiger partial charge in [-0.05, 0) is 56.4 Å². The van der Waals surface area contributed by atoms with Gasteiger partial charge in [-0.2, -0.15) is 0 Å². The monoisotopic (exact) mass is 473 g/mol. The molecule has 4 N–H and O–H groups in total. The fourth-order valence-electron chi connectivity index (χ4n) is 4.20. The van der Waals surface area contributed by atoms with Gasteiger partial charge >= 0.3 is 6.03 Å². The van der Waals surface area contributed by atoms with Gasteiger partial charge in [0.2, 0.25) is 10.0 Å². The number of halogens is 1. The van der Waals surface area contributed by atoms with Gasteiger partial charge in [-0.1, -0.05) is 30.9 Å². The van der Waals surface area contributed by atoms with E-state index in [9.17, 15) is 18.3 Å². The molecular weight excluding hydrogens is 442 g/mol. The topological polar surface area (TPSA) is 117 Å². The van der Waals surface area contributed by atoms with Crippen LogP contribution < -0.4 is 15.4 Å². The summed E-state index contributed by atoms with van der Waals surface area (Å²) in [5.41, 5.74) is 0. The molecule has 0 unspecified atom stereocenters. The van der Waals surface area contributed by atoms with Crippen LogP contribution in [-0.4, -0.2) is 57.0 Å². The van der Waals surface area contributed by atoms with Crippen molar-refractivity contribution in [2.45, 2.75) is 80.6 Å². The molecule has 0 radical (unpaired) electrons. The van der Waals surface area contributed by atoms with Crippen molar-refractivity contribution in [3.8, 4) is 0 Å². The van der Waals surface area contributed by atoms with E-state index in [-0.39, 0.29) is 42.3 Å². The molecule has 1 aliphatic carbocycles. The summed E-state index contributed by atoms with van der Waals surface area (Å²) in [6, 6.07) is 5.71. The number of aliphatic hydroxyl groups is 1. The highest BCUT2D eigenvalue weighted by Gasteiger charge is 2.32. The van der Waals surface area contributed by atoms with Crippen molar-refractivity contribution >= 4 is 27.7 Å². The number of hydrogen-bond donors (Lipinski definition) is 4. The van der Waals surface area contributed by atoms with Crippen molar-refractivity contribution in [3.63, 3.8) is 0 Å². The number of aliphatic hydroxyl groups excluding tert-OH is 1. The van der Waals surface area contributed by atoms with Crippen LogP contribution in [-0.2, 0) is 14.8 Å². The van der Waals surface area contributed by atoms with E-state index in [2.05, 4.69) is 15.4 Å². The Labute approximate surface area is 189 Å². The largest absolute Gasteiger partial charge is 0.394 e. The molecule has 3 rings (SSSR count). The maximum absolute atomic E-state index is 12.4. The van der Waals surface area contributed by atoms with Gasteiger partial charge in [0, 0.05) is 17.6 Å². The molecule has 2 amide bonds. The standard InChI is InChI=1S/C21H32ClN3O5S/c22-15-6-9-18(10-7-15)31(28,29)23-13-12-17-8-11-19(20(14-26)30-17)25-21(27)24-16-4-2-1-3-5-16/h6-7,9-10,16-17,19-20,23,26H,1-5,8,11-14H2,(H2,24,25,27)/t17-,19-,20+/m0/s1. The van der Waals surface area contributed by atoms with Gasteiger partial charge in [0.25, 0.3) is 0 Å². The maximum Gasteiger partial charge on any atom is 0.315 e. The summed E-state index contributed by atoms with van der Waals surface area (Å²) >= 11 is 5.80. The molecular formula is C21H32ClN3O5S. The SMILES string of the molecule is O=C(NC1CCCCC1)N[C@H]1CC[C@@H](CCNS(=O)(=O)c2ccc(Cl)cc2)O[C@@H]1CO. The molecule has 10 heteroatoms. The lowest BCUT2D eigenvalue weighted by Gasteiger charge is -2.36. The number of benzene rings is 1. The number of amides is 2. The summed E-state index contributed by atoms with van der Waals surface area (Å²) in [4.78, 5) is 12.5. The molecule has 31 heavy (non-hydrogen) atoms. The van der Waals surface area contributed by atoms with Crippen LogP contribution in [0.15, 0.2) is 29.2 Å². The third kappa shape index (κ3) is 7.32. The predicted octanol–water partition coefficient (Wildman–Crippen LogP) is 2.55. The van der Waals surface area contributed by atoms with Crippen molar-refractivity contribution in [2.75, 3.05) is 13.2 Å². The predicted molar refractivity (Wildman–Crippen MR) is 119 cm³/mol. The lowest BCUT2D eigenvalue weighted by Crippen LogP contribution is -2.55. The fraction of sp³-hybridized carbons (Fsp3) is 0.667. The van der Waals surface area contributed by atoms with Gasteiger partial charge in [-0.15, -0.1) is 0 Å². The molecule has 174 valence electrons. The summed E-state index contributed by atoms with van der Waals surface area (Å²) < 4.78 is 33.2. The lowest BCUT2D eigenvalue weighted by atomic mass is 9.95. The average Bonchev–Trinajstić information content (AvgIpc) is 2.75. The zero-order valence-electron chi connectivity index (χ0n) is 17.6. The first-order chi connectivity index (χ1) is 14.9. The Bertz CT molecular complexity index is 815. The number of nitrogens with one attached hydrogen (secondary N) is 3. The minimum Gasteiger partial charge on any atom is -0.394 e. The van der Waals surface area contributed by atoms with Gasteiger partial charge in [-0.3, -0.25) is 0 Å². The van der Waals surface area contributed by atoms with Gasteiger partial charge in [0.15, 0.2) is 0 Å². The first-order valence-electron chi connectivity index (χ1n) is 11.0. The second-order valence-corrected chi connectivity index (χ2v) is 10.5. The number of carbonyl (C=O) groups is 1. The molecule has 2 aliphatic rings. The molecule has 1 aromatic carbocycles. The van der Waals surface area contributed by atoms with Crippen LogP contribution in [0.3, 0.4) is 0 Å². The van der Waals surface area contributed by atoms with Crippen LogP contribution in [0.5, 0.6) is 0 Å². The van der Waals surface area contributed by atoms with E-state index in [0.717, 1.165) is 25.7 Å². The third-order valence-electron chi connectivity index (χ3n) is 5.93. The quantitative estimate of drug-likeness (QED) is 0.463. The molecule has 1 saturated carbocycles. The molecule has 2 fully saturated rings. The first kappa shape index (κ1) is 24.3. The average molecular weight is 474 g/mol. The van der Waals surface area contributed by atoms with Crippen LogP contribution in [0.4, 0.5) is 4.79 Å². The molecule has 0 spiro atoms. The zero-order chi connectivity index (χ0) is 22.3. The molecule has 8 nitrogen and oxygen atoms in total. The normalized spacial score (nSPS) is 25.2. The number of carbonyl (C=O) groups excluding carboxylic acids is 1. The minimum atomic E-state index is -3.62. The number of hydrogen-bond acceptors (Lipinski definition) is 5. The summed E-state index contributed by atoms with van der Waals surface area (Å²) in [5.74, 6) is 0. The molecule has 1 heterocycles. The van der Waals surface area contributed by atoms with E-state index in [1.54, 1.807) is 0 Å². The van der Waals surface area contributed by atoms with E-state index in [0.29, 0.717) is 24.3 Å². The highest BCUT2D eigenvalue weighted by molar-refractivity contribution is 7.89. The summed E-state index contributed by atoms with van der Waals surface area (Å²) in [6.07, 6.45) is 6.63. The van der Waals surface area contributed by atoms with E-state index in [4.69, 9.17) is 16.3 Å². The Morgan fingerprint density at radius 3 is 2.45 bits per heavy atom. The molecule has 0 aromatic heterocycles. The molecule has 3 atom stereocenters. The van der Waals surface area contributed by atoms with Crippen molar-refractivity contribution in [2.24, 2.45) is 0 Å². The smallest absolute Gasteiger partial charge is 0.315 e. The summed E-state index contributed by atoms with van der Waals surface area (Å²) in [6.45, 7) is 0.00934. The Morgan fingerprint density at radius 1 is 1.06 bits per heavy atom. The van der Waals surface area contributed by atoms with Crippen LogP contribution in [0.2, 0.25) is 5.02 Å². The van der Waals surface area contributed by atoms with E-state index < -0.39 is 16.1 Å². The Morgan fingerprint density at radius 2 is 1.77 bits per heavy atom. The molecule has 1 saturated heterocycles. The maximum atomic E-state index is 12.4. The van der Waals surface area contributed by atoms with Crippen molar-refractivity contribution in [3.05, 3.63) is 29.3 Å². The second kappa shape index (κ2) is 11.5. The first-order valence-corrected chi connectivity index (χ1v) is 12.8.